The fraction of sp³-hybridized carbons (Fsp3) is 0.450. The average molecular weight is 357 g/mol. The molecule has 6 heteroatoms. The lowest BCUT2D eigenvalue weighted by Gasteiger charge is -2.18. The molecular formula is C20H27N3O3. The van der Waals surface area contributed by atoms with Gasteiger partial charge < -0.3 is 10.1 Å². The highest BCUT2D eigenvalue weighted by Crippen LogP contribution is 2.18. The molecule has 1 heterocycles. The minimum atomic E-state index is -0.628. The SMILES string of the molecule is COC(=O)C(CC(C)C)NC(=O)Cc1c(C)nn(-c2ccccc2)c1C. The third kappa shape index (κ3) is 4.71. The van der Waals surface area contributed by atoms with Crippen LogP contribution in [0.1, 0.15) is 37.2 Å². The first-order chi connectivity index (χ1) is 12.3. The minimum absolute atomic E-state index is 0.177. The first-order valence-electron chi connectivity index (χ1n) is 8.81. The smallest absolute Gasteiger partial charge is 0.328 e. The zero-order chi connectivity index (χ0) is 19.3. The normalized spacial score (nSPS) is 12.1. The third-order valence-corrected chi connectivity index (χ3v) is 4.31. The van der Waals surface area contributed by atoms with E-state index in [1.807, 2.05) is 62.7 Å². The first-order valence-corrected chi connectivity index (χ1v) is 8.81. The van der Waals surface area contributed by atoms with Crippen LogP contribution in [0.25, 0.3) is 5.69 Å². The highest BCUT2D eigenvalue weighted by molar-refractivity contribution is 5.85. The van der Waals surface area contributed by atoms with Gasteiger partial charge in [-0.3, -0.25) is 4.79 Å². The summed E-state index contributed by atoms with van der Waals surface area (Å²) in [5.41, 5.74) is 3.55. The number of hydrogen-bond donors (Lipinski definition) is 1. The molecule has 1 atom stereocenters. The van der Waals surface area contributed by atoms with Crippen molar-refractivity contribution in [3.8, 4) is 5.69 Å². The Morgan fingerprint density at radius 2 is 1.85 bits per heavy atom. The molecule has 0 aliphatic heterocycles. The van der Waals surface area contributed by atoms with E-state index in [1.54, 1.807) is 0 Å². The van der Waals surface area contributed by atoms with Gasteiger partial charge in [-0.25, -0.2) is 9.48 Å². The monoisotopic (exact) mass is 357 g/mol. The van der Waals surface area contributed by atoms with Crippen molar-refractivity contribution in [1.82, 2.24) is 15.1 Å². The van der Waals surface area contributed by atoms with E-state index in [-0.39, 0.29) is 18.2 Å². The number of esters is 1. The predicted octanol–water partition coefficient (Wildman–Crippen LogP) is 2.74. The van der Waals surface area contributed by atoms with Crippen molar-refractivity contribution in [1.29, 1.82) is 0 Å². The number of para-hydroxylation sites is 1. The van der Waals surface area contributed by atoms with Crippen LogP contribution in [0.4, 0.5) is 0 Å². The number of nitrogens with one attached hydrogen (secondary N) is 1. The summed E-state index contributed by atoms with van der Waals surface area (Å²) in [4.78, 5) is 24.4. The van der Waals surface area contributed by atoms with E-state index < -0.39 is 12.0 Å². The lowest BCUT2D eigenvalue weighted by atomic mass is 10.0. The number of aryl methyl sites for hydroxylation is 1. The maximum Gasteiger partial charge on any atom is 0.328 e. The van der Waals surface area contributed by atoms with E-state index in [4.69, 9.17) is 4.74 Å². The van der Waals surface area contributed by atoms with Gasteiger partial charge >= 0.3 is 5.97 Å². The van der Waals surface area contributed by atoms with Gasteiger partial charge in [0.25, 0.3) is 0 Å². The van der Waals surface area contributed by atoms with Gasteiger partial charge in [-0.15, -0.1) is 0 Å². The van der Waals surface area contributed by atoms with Crippen LogP contribution in [0.2, 0.25) is 0 Å². The number of carbonyl (C=O) groups excluding carboxylic acids is 2. The van der Waals surface area contributed by atoms with Crippen LogP contribution in [-0.4, -0.2) is 34.8 Å². The molecule has 6 nitrogen and oxygen atoms in total. The largest absolute Gasteiger partial charge is 0.467 e. The molecule has 0 aliphatic rings. The molecule has 1 aromatic carbocycles. The Kier molecular flexibility index (Phi) is 6.55. The van der Waals surface area contributed by atoms with Crippen molar-refractivity contribution in [3.63, 3.8) is 0 Å². The van der Waals surface area contributed by atoms with Crippen LogP contribution in [0.15, 0.2) is 30.3 Å². The zero-order valence-corrected chi connectivity index (χ0v) is 16.1. The second-order valence-corrected chi connectivity index (χ2v) is 6.85. The quantitative estimate of drug-likeness (QED) is 0.773. The Morgan fingerprint density at radius 1 is 1.19 bits per heavy atom. The van der Waals surface area contributed by atoms with Crippen LogP contribution >= 0.6 is 0 Å². The third-order valence-electron chi connectivity index (χ3n) is 4.31. The van der Waals surface area contributed by atoms with Gasteiger partial charge in [-0.1, -0.05) is 32.0 Å². The van der Waals surface area contributed by atoms with Gasteiger partial charge in [0.15, 0.2) is 0 Å². The predicted molar refractivity (Wildman–Crippen MR) is 100 cm³/mol. The molecule has 2 aromatic rings. The molecule has 1 unspecified atom stereocenters. The van der Waals surface area contributed by atoms with Crippen LogP contribution in [0.3, 0.4) is 0 Å². The number of rotatable bonds is 7. The summed E-state index contributed by atoms with van der Waals surface area (Å²) >= 11 is 0. The van der Waals surface area contributed by atoms with E-state index in [1.165, 1.54) is 7.11 Å². The van der Waals surface area contributed by atoms with Crippen LogP contribution in [0, 0.1) is 19.8 Å². The van der Waals surface area contributed by atoms with Gasteiger partial charge in [0, 0.05) is 11.3 Å². The molecule has 0 fully saturated rings. The summed E-state index contributed by atoms with van der Waals surface area (Å²) in [5, 5.41) is 7.36. The molecule has 0 aliphatic carbocycles. The number of methoxy groups -OCH3 is 1. The molecule has 0 saturated carbocycles. The molecule has 0 spiro atoms. The fourth-order valence-electron chi connectivity index (χ4n) is 2.99. The Labute approximate surface area is 154 Å². The fourth-order valence-corrected chi connectivity index (χ4v) is 2.99. The maximum atomic E-state index is 12.5. The van der Waals surface area contributed by atoms with Gasteiger partial charge in [-0.2, -0.15) is 5.10 Å². The highest BCUT2D eigenvalue weighted by atomic mass is 16.5. The zero-order valence-electron chi connectivity index (χ0n) is 16.1. The summed E-state index contributed by atoms with van der Waals surface area (Å²) in [6, 6.07) is 9.16. The molecule has 0 radical (unpaired) electrons. The van der Waals surface area contributed by atoms with Crippen molar-refractivity contribution in [3.05, 3.63) is 47.3 Å². The minimum Gasteiger partial charge on any atom is -0.467 e. The summed E-state index contributed by atoms with van der Waals surface area (Å²) in [6.07, 6.45) is 0.718. The summed E-state index contributed by atoms with van der Waals surface area (Å²) < 4.78 is 6.64. The Balaban J connectivity index is 2.16. The molecule has 2 rings (SSSR count). The molecule has 1 aromatic heterocycles. The number of hydrogen-bond acceptors (Lipinski definition) is 4. The molecular weight excluding hydrogens is 330 g/mol. The van der Waals surface area contributed by atoms with Crippen molar-refractivity contribution in [2.45, 2.75) is 46.6 Å². The van der Waals surface area contributed by atoms with Crippen molar-refractivity contribution >= 4 is 11.9 Å². The van der Waals surface area contributed by atoms with Gasteiger partial charge in [0.1, 0.15) is 6.04 Å². The number of carbonyl (C=O) groups is 2. The van der Waals surface area contributed by atoms with Crippen LogP contribution in [-0.2, 0) is 20.7 Å². The molecule has 140 valence electrons. The average Bonchev–Trinajstić information content (AvgIpc) is 2.89. The van der Waals surface area contributed by atoms with Crippen molar-refractivity contribution < 1.29 is 14.3 Å². The highest BCUT2D eigenvalue weighted by Gasteiger charge is 2.24. The topological polar surface area (TPSA) is 73.2 Å². The molecule has 1 amide bonds. The standard InChI is InChI=1S/C20H27N3O3/c1-13(2)11-18(20(25)26-5)21-19(24)12-17-14(3)22-23(15(17)4)16-9-7-6-8-10-16/h6-10,13,18H,11-12H2,1-5H3,(H,21,24). The van der Waals surface area contributed by atoms with Crippen molar-refractivity contribution in [2.75, 3.05) is 7.11 Å². The number of aromatic nitrogens is 2. The first kappa shape index (κ1) is 19.7. The van der Waals surface area contributed by atoms with E-state index in [9.17, 15) is 9.59 Å². The number of nitrogens with zero attached hydrogens (tertiary/aromatic N) is 2. The van der Waals surface area contributed by atoms with Gasteiger partial charge in [-0.05, 0) is 38.3 Å². The van der Waals surface area contributed by atoms with E-state index in [0.717, 1.165) is 22.6 Å². The molecule has 26 heavy (non-hydrogen) atoms. The summed E-state index contributed by atoms with van der Waals surface area (Å²) in [7, 11) is 1.33. The summed E-state index contributed by atoms with van der Waals surface area (Å²) in [6.45, 7) is 7.84. The molecule has 0 saturated heterocycles. The Bertz CT molecular complexity index is 766. The van der Waals surface area contributed by atoms with Gasteiger partial charge in [0.2, 0.25) is 5.91 Å². The second kappa shape index (κ2) is 8.65. The number of benzene rings is 1. The van der Waals surface area contributed by atoms with Crippen LogP contribution in [0.5, 0.6) is 0 Å². The summed E-state index contributed by atoms with van der Waals surface area (Å²) in [5.74, 6) is -0.357. The maximum absolute atomic E-state index is 12.5. The Hall–Kier alpha value is -2.63. The van der Waals surface area contributed by atoms with E-state index >= 15 is 0 Å². The molecule has 1 N–H and O–H groups in total. The number of ether oxygens (including phenoxy) is 1. The van der Waals surface area contributed by atoms with Crippen LogP contribution < -0.4 is 5.32 Å². The second-order valence-electron chi connectivity index (χ2n) is 6.85. The van der Waals surface area contributed by atoms with Crippen molar-refractivity contribution in [2.24, 2.45) is 5.92 Å². The number of amides is 1. The van der Waals surface area contributed by atoms with Gasteiger partial charge in [0.05, 0.1) is 24.9 Å². The van der Waals surface area contributed by atoms with E-state index in [0.29, 0.717) is 6.42 Å². The lowest BCUT2D eigenvalue weighted by Crippen LogP contribution is -2.43. The lowest BCUT2D eigenvalue weighted by molar-refractivity contribution is -0.145. The van der Waals surface area contributed by atoms with E-state index in [2.05, 4.69) is 10.4 Å². The molecule has 0 bridgehead atoms. The Morgan fingerprint density at radius 3 is 2.42 bits per heavy atom.